The van der Waals surface area contributed by atoms with E-state index >= 15 is 0 Å². The summed E-state index contributed by atoms with van der Waals surface area (Å²) in [5.74, 6) is 1.07. The quantitative estimate of drug-likeness (QED) is 0.913. The number of fused-ring (bicyclic) bond motifs is 1. The molecule has 0 saturated carbocycles. The Balaban J connectivity index is 1.59. The summed E-state index contributed by atoms with van der Waals surface area (Å²) in [6.45, 7) is 3.88. The number of pyridine rings is 1. The van der Waals surface area contributed by atoms with Gasteiger partial charge in [0.05, 0.1) is 5.69 Å². The van der Waals surface area contributed by atoms with Crippen molar-refractivity contribution in [2.45, 2.75) is 19.4 Å². The highest BCUT2D eigenvalue weighted by Gasteiger charge is 2.18. The molecule has 2 aromatic rings. The summed E-state index contributed by atoms with van der Waals surface area (Å²) in [5, 5.41) is 4.18. The molecule has 0 aliphatic carbocycles. The fourth-order valence-electron chi connectivity index (χ4n) is 3.35. The first-order valence-corrected chi connectivity index (χ1v) is 8.57. The molecule has 0 saturated heterocycles. The van der Waals surface area contributed by atoms with Crippen LogP contribution >= 0.6 is 11.6 Å². The van der Waals surface area contributed by atoms with E-state index < -0.39 is 0 Å². The molecule has 1 aromatic carbocycles. The van der Waals surface area contributed by atoms with E-state index in [2.05, 4.69) is 46.6 Å². The zero-order valence-electron chi connectivity index (χ0n) is 13.1. The molecule has 0 radical (unpaired) electrons. The molecule has 0 amide bonds. The fourth-order valence-corrected chi connectivity index (χ4v) is 3.55. The monoisotopic (exact) mass is 325 g/mol. The first-order valence-electron chi connectivity index (χ1n) is 8.19. The SMILES string of the molecule is Clc1ccc2c(c1)CCN(c1cccc(C3=CCNCC3)n1)C2. The molecule has 3 heterocycles. The van der Waals surface area contributed by atoms with Gasteiger partial charge in [0.1, 0.15) is 5.82 Å². The Morgan fingerprint density at radius 1 is 1.09 bits per heavy atom. The lowest BCUT2D eigenvalue weighted by Crippen LogP contribution is -2.31. The van der Waals surface area contributed by atoms with Crippen LogP contribution in [-0.4, -0.2) is 24.6 Å². The van der Waals surface area contributed by atoms with Crippen molar-refractivity contribution in [3.63, 3.8) is 0 Å². The van der Waals surface area contributed by atoms with Crippen molar-refractivity contribution >= 4 is 23.0 Å². The van der Waals surface area contributed by atoms with Crippen molar-refractivity contribution in [1.82, 2.24) is 10.3 Å². The van der Waals surface area contributed by atoms with Crippen molar-refractivity contribution < 1.29 is 0 Å². The largest absolute Gasteiger partial charge is 0.352 e. The molecule has 0 bridgehead atoms. The summed E-state index contributed by atoms with van der Waals surface area (Å²) in [6, 6.07) is 12.6. The van der Waals surface area contributed by atoms with Crippen LogP contribution in [0.1, 0.15) is 23.2 Å². The zero-order valence-corrected chi connectivity index (χ0v) is 13.8. The first kappa shape index (κ1) is 14.7. The lowest BCUT2D eigenvalue weighted by molar-refractivity contribution is 0.717. The van der Waals surface area contributed by atoms with E-state index in [9.17, 15) is 0 Å². The second-order valence-corrected chi connectivity index (χ2v) is 6.59. The number of aromatic nitrogens is 1. The Morgan fingerprint density at radius 2 is 2.04 bits per heavy atom. The maximum Gasteiger partial charge on any atom is 0.129 e. The van der Waals surface area contributed by atoms with Crippen LogP contribution in [0.25, 0.3) is 5.57 Å². The molecule has 0 spiro atoms. The molecule has 1 N–H and O–H groups in total. The van der Waals surface area contributed by atoms with Gasteiger partial charge in [0.25, 0.3) is 0 Å². The molecule has 23 heavy (non-hydrogen) atoms. The highest BCUT2D eigenvalue weighted by molar-refractivity contribution is 6.30. The van der Waals surface area contributed by atoms with E-state index in [0.29, 0.717) is 0 Å². The molecule has 0 fully saturated rings. The number of benzene rings is 1. The third-order valence-corrected chi connectivity index (χ3v) is 4.87. The van der Waals surface area contributed by atoms with E-state index in [1.54, 1.807) is 0 Å². The first-order chi connectivity index (χ1) is 11.3. The summed E-state index contributed by atoms with van der Waals surface area (Å²) in [5.41, 5.74) is 5.19. The van der Waals surface area contributed by atoms with Crippen LogP contribution in [0.2, 0.25) is 5.02 Å². The molecule has 4 heteroatoms. The number of halogens is 1. The van der Waals surface area contributed by atoms with Crippen molar-refractivity contribution in [1.29, 1.82) is 0 Å². The Kier molecular flexibility index (Phi) is 4.06. The highest BCUT2D eigenvalue weighted by Crippen LogP contribution is 2.27. The average molecular weight is 326 g/mol. The predicted molar refractivity (Wildman–Crippen MR) is 95.9 cm³/mol. The van der Waals surface area contributed by atoms with Crippen LogP contribution in [0.15, 0.2) is 42.5 Å². The van der Waals surface area contributed by atoms with Gasteiger partial charge in [0, 0.05) is 24.7 Å². The van der Waals surface area contributed by atoms with Gasteiger partial charge in [0.2, 0.25) is 0 Å². The second-order valence-electron chi connectivity index (χ2n) is 6.15. The predicted octanol–water partition coefficient (Wildman–Crippen LogP) is 3.67. The van der Waals surface area contributed by atoms with E-state index in [0.717, 1.165) is 55.6 Å². The van der Waals surface area contributed by atoms with Crippen molar-refractivity contribution in [3.05, 3.63) is 64.3 Å². The summed E-state index contributed by atoms with van der Waals surface area (Å²) in [4.78, 5) is 7.28. The standard InChI is InChI=1S/C19H20ClN3/c20-17-5-4-16-13-23(11-8-15(16)12-17)19-3-1-2-18(22-19)14-6-9-21-10-7-14/h1-6,12,21H,7-11,13H2. The summed E-state index contributed by atoms with van der Waals surface area (Å²) in [7, 11) is 0. The van der Waals surface area contributed by atoms with E-state index in [1.165, 1.54) is 16.7 Å². The minimum Gasteiger partial charge on any atom is -0.352 e. The van der Waals surface area contributed by atoms with Gasteiger partial charge >= 0.3 is 0 Å². The lowest BCUT2D eigenvalue weighted by Gasteiger charge is -2.30. The molecule has 3 nitrogen and oxygen atoms in total. The topological polar surface area (TPSA) is 28.2 Å². The minimum atomic E-state index is 0.829. The van der Waals surface area contributed by atoms with E-state index in [1.807, 2.05) is 6.07 Å². The van der Waals surface area contributed by atoms with Crippen LogP contribution in [0.5, 0.6) is 0 Å². The third-order valence-electron chi connectivity index (χ3n) is 4.63. The van der Waals surface area contributed by atoms with Crippen LogP contribution in [0, 0.1) is 0 Å². The number of nitrogens with one attached hydrogen (secondary N) is 1. The molecule has 118 valence electrons. The van der Waals surface area contributed by atoms with Gasteiger partial charge in [0.15, 0.2) is 0 Å². The normalized spacial score (nSPS) is 17.6. The van der Waals surface area contributed by atoms with Crippen molar-refractivity contribution in [2.75, 3.05) is 24.5 Å². The molecule has 2 aliphatic heterocycles. The van der Waals surface area contributed by atoms with Crippen molar-refractivity contribution in [2.24, 2.45) is 0 Å². The number of nitrogens with zero attached hydrogens (tertiary/aromatic N) is 2. The number of hydrogen-bond acceptors (Lipinski definition) is 3. The Hall–Kier alpha value is -1.84. The van der Waals surface area contributed by atoms with Gasteiger partial charge in [-0.1, -0.05) is 29.8 Å². The van der Waals surface area contributed by atoms with Gasteiger partial charge in [-0.15, -0.1) is 0 Å². The summed E-state index contributed by atoms with van der Waals surface area (Å²) in [6.07, 6.45) is 4.33. The van der Waals surface area contributed by atoms with Gasteiger partial charge < -0.3 is 10.2 Å². The maximum absolute atomic E-state index is 6.10. The van der Waals surface area contributed by atoms with Crippen LogP contribution in [0.4, 0.5) is 5.82 Å². The van der Waals surface area contributed by atoms with Crippen molar-refractivity contribution in [3.8, 4) is 0 Å². The molecule has 2 aliphatic rings. The summed E-state index contributed by atoms with van der Waals surface area (Å²) < 4.78 is 0. The molecule has 4 rings (SSSR count). The number of rotatable bonds is 2. The Bertz CT molecular complexity index is 754. The third kappa shape index (κ3) is 3.12. The van der Waals surface area contributed by atoms with Gasteiger partial charge in [-0.25, -0.2) is 4.98 Å². The smallest absolute Gasteiger partial charge is 0.129 e. The summed E-state index contributed by atoms with van der Waals surface area (Å²) >= 11 is 6.10. The van der Waals surface area contributed by atoms with Gasteiger partial charge in [-0.2, -0.15) is 0 Å². The minimum absolute atomic E-state index is 0.829. The number of anilines is 1. The zero-order chi connectivity index (χ0) is 15.6. The fraction of sp³-hybridized carbons (Fsp3) is 0.316. The Labute approximate surface area is 142 Å². The molecule has 0 atom stereocenters. The van der Waals surface area contributed by atoms with Gasteiger partial charge in [-0.3, -0.25) is 0 Å². The highest BCUT2D eigenvalue weighted by atomic mass is 35.5. The average Bonchev–Trinajstić information content (AvgIpc) is 2.62. The lowest BCUT2D eigenvalue weighted by atomic mass is 10.00. The molecule has 1 aromatic heterocycles. The maximum atomic E-state index is 6.10. The van der Waals surface area contributed by atoms with E-state index in [4.69, 9.17) is 16.6 Å². The Morgan fingerprint density at radius 3 is 2.91 bits per heavy atom. The number of hydrogen-bond donors (Lipinski definition) is 1. The van der Waals surface area contributed by atoms with Crippen LogP contribution < -0.4 is 10.2 Å². The van der Waals surface area contributed by atoms with Gasteiger partial charge in [-0.05, 0) is 60.4 Å². The van der Waals surface area contributed by atoms with E-state index in [-0.39, 0.29) is 0 Å². The molecular weight excluding hydrogens is 306 g/mol. The second kappa shape index (κ2) is 6.34. The van der Waals surface area contributed by atoms with Crippen LogP contribution in [-0.2, 0) is 13.0 Å². The molecule has 0 unspecified atom stereocenters. The molecular formula is C19H20ClN3. The van der Waals surface area contributed by atoms with Crippen LogP contribution in [0.3, 0.4) is 0 Å².